The molecule has 0 aliphatic carbocycles. The molecule has 1 aromatic rings. The van der Waals surface area contributed by atoms with Gasteiger partial charge in [-0.25, -0.2) is 4.99 Å². The number of hydrogen-bond donors (Lipinski definition) is 3. The molecule has 0 unspecified atom stereocenters. The monoisotopic (exact) mass is 301 g/mol. The maximum absolute atomic E-state index is 11.7. The van der Waals surface area contributed by atoms with Crippen LogP contribution >= 0.6 is 12.6 Å². The van der Waals surface area contributed by atoms with Crippen molar-refractivity contribution in [2.24, 2.45) is 10.7 Å². The quantitative estimate of drug-likeness (QED) is 0.257. The van der Waals surface area contributed by atoms with E-state index in [2.05, 4.69) is 29.5 Å². The summed E-state index contributed by atoms with van der Waals surface area (Å²) in [7, 11) is 0. The van der Waals surface area contributed by atoms with E-state index in [1.807, 2.05) is 19.9 Å². The van der Waals surface area contributed by atoms with Crippen LogP contribution in [-0.4, -0.2) is 11.7 Å². The Hall–Kier alpha value is -2.27. The molecule has 0 saturated carbocycles. The molecule has 0 aliphatic heterocycles. The summed E-state index contributed by atoms with van der Waals surface area (Å²) in [5.41, 5.74) is 8.20. The van der Waals surface area contributed by atoms with Crippen LogP contribution in [0.5, 0.6) is 0 Å². The smallest absolute Gasteiger partial charge is 0.261 e. The molecule has 110 valence electrons. The zero-order valence-corrected chi connectivity index (χ0v) is 13.0. The van der Waals surface area contributed by atoms with Crippen molar-refractivity contribution < 1.29 is 4.79 Å². The highest BCUT2D eigenvalue weighted by molar-refractivity contribution is 7.85. The first-order valence-corrected chi connectivity index (χ1v) is 6.83. The van der Waals surface area contributed by atoms with E-state index in [4.69, 9.17) is 5.73 Å². The number of benzene rings is 1. The number of carbonyl (C=O) groups excluding carboxylic acids is 1. The van der Waals surface area contributed by atoms with Gasteiger partial charge in [0.15, 0.2) is 0 Å². The molecule has 0 aromatic heterocycles. The molecule has 0 atom stereocenters. The fraction of sp³-hybridized carbons (Fsp3) is 0.125. The molecule has 4 nitrogen and oxygen atoms in total. The summed E-state index contributed by atoms with van der Waals surface area (Å²) < 4.78 is 0. The Bertz CT molecular complexity index is 613. The molecule has 5 heteroatoms. The number of hydrogen-bond acceptors (Lipinski definition) is 3. The standard InChI is InChI=1S/C16H19N3OS/c1-4-6-14(21)16(20)19-13-9-7-12(8-10-13)15(17)18-11(3)5-2/h4-10,21H,1H2,2-3H3,(H2,17,18)(H,19,20)/b11-5+,14-6-. The first-order chi connectivity index (χ1) is 9.97. The molecular formula is C16H19N3OS. The SMILES string of the molecule is C=C/C=C(\S)C(=O)Nc1ccc(C(N)=N/C(C)=C/C)cc1. The van der Waals surface area contributed by atoms with Gasteiger partial charge in [0.2, 0.25) is 0 Å². The average molecular weight is 301 g/mol. The number of amides is 1. The summed E-state index contributed by atoms with van der Waals surface area (Å²) in [6.45, 7) is 7.29. The van der Waals surface area contributed by atoms with Gasteiger partial charge in [0, 0.05) is 16.9 Å². The van der Waals surface area contributed by atoms with Crippen molar-refractivity contribution in [1.29, 1.82) is 0 Å². The summed E-state index contributed by atoms with van der Waals surface area (Å²) in [4.78, 5) is 16.3. The van der Waals surface area contributed by atoms with Crippen LogP contribution < -0.4 is 11.1 Å². The van der Waals surface area contributed by atoms with E-state index in [0.29, 0.717) is 16.4 Å². The largest absolute Gasteiger partial charge is 0.383 e. The lowest BCUT2D eigenvalue weighted by Crippen LogP contribution is -2.14. The zero-order chi connectivity index (χ0) is 15.8. The highest BCUT2D eigenvalue weighted by atomic mass is 32.1. The maximum Gasteiger partial charge on any atom is 0.261 e. The summed E-state index contributed by atoms with van der Waals surface area (Å²) in [5, 5.41) is 2.72. The highest BCUT2D eigenvalue weighted by Gasteiger charge is 2.05. The fourth-order valence-corrected chi connectivity index (χ4v) is 1.59. The second-order valence-electron chi connectivity index (χ2n) is 4.25. The Morgan fingerprint density at radius 2 is 2.00 bits per heavy atom. The number of allylic oxidation sites excluding steroid dienone is 4. The number of amidine groups is 1. The van der Waals surface area contributed by atoms with Gasteiger partial charge in [-0.1, -0.05) is 18.7 Å². The molecule has 0 heterocycles. The van der Waals surface area contributed by atoms with Crippen molar-refractivity contribution >= 4 is 30.1 Å². The third kappa shape index (κ3) is 5.31. The molecule has 0 fully saturated rings. The third-order valence-corrected chi connectivity index (χ3v) is 3.01. The lowest BCUT2D eigenvalue weighted by atomic mass is 10.2. The van der Waals surface area contributed by atoms with Crippen molar-refractivity contribution in [1.82, 2.24) is 0 Å². The van der Waals surface area contributed by atoms with Gasteiger partial charge in [-0.15, -0.1) is 12.6 Å². The molecule has 0 spiro atoms. The van der Waals surface area contributed by atoms with Crippen LogP contribution in [0.15, 0.2) is 64.7 Å². The molecule has 3 N–H and O–H groups in total. The number of carbonyl (C=O) groups is 1. The molecule has 0 saturated heterocycles. The van der Waals surface area contributed by atoms with E-state index in [-0.39, 0.29) is 5.91 Å². The summed E-state index contributed by atoms with van der Waals surface area (Å²) in [5.74, 6) is 0.141. The van der Waals surface area contributed by atoms with E-state index in [1.165, 1.54) is 12.2 Å². The molecule has 0 bridgehead atoms. The Kier molecular flexibility index (Phi) is 6.49. The number of nitrogens with two attached hydrogens (primary N) is 1. The Labute approximate surface area is 130 Å². The zero-order valence-electron chi connectivity index (χ0n) is 12.1. The van der Waals surface area contributed by atoms with E-state index < -0.39 is 0 Å². The van der Waals surface area contributed by atoms with Crippen LogP contribution in [0.3, 0.4) is 0 Å². The molecule has 1 aromatic carbocycles. The molecule has 0 aliphatic rings. The first-order valence-electron chi connectivity index (χ1n) is 6.38. The van der Waals surface area contributed by atoms with E-state index in [9.17, 15) is 4.79 Å². The van der Waals surface area contributed by atoms with Gasteiger partial charge >= 0.3 is 0 Å². The third-order valence-electron chi connectivity index (χ3n) is 2.66. The van der Waals surface area contributed by atoms with Crippen molar-refractivity contribution in [3.63, 3.8) is 0 Å². The van der Waals surface area contributed by atoms with Gasteiger partial charge in [0.25, 0.3) is 5.91 Å². The van der Waals surface area contributed by atoms with Gasteiger partial charge < -0.3 is 11.1 Å². The van der Waals surface area contributed by atoms with E-state index in [0.717, 1.165) is 11.3 Å². The highest BCUT2D eigenvalue weighted by Crippen LogP contribution is 2.12. The molecule has 0 radical (unpaired) electrons. The molecule has 1 amide bonds. The first kappa shape index (κ1) is 16.8. The van der Waals surface area contributed by atoms with E-state index >= 15 is 0 Å². The minimum absolute atomic E-state index is 0.291. The topological polar surface area (TPSA) is 67.5 Å². The lowest BCUT2D eigenvalue weighted by Gasteiger charge is -2.06. The maximum atomic E-state index is 11.7. The van der Waals surface area contributed by atoms with Crippen molar-refractivity contribution in [3.05, 3.63) is 65.2 Å². The fourth-order valence-electron chi connectivity index (χ4n) is 1.43. The Morgan fingerprint density at radius 3 is 2.52 bits per heavy atom. The summed E-state index contributed by atoms with van der Waals surface area (Å²) >= 11 is 4.07. The minimum atomic E-state index is -0.294. The van der Waals surface area contributed by atoms with Crippen molar-refractivity contribution in [2.45, 2.75) is 13.8 Å². The number of anilines is 1. The van der Waals surface area contributed by atoms with E-state index in [1.54, 1.807) is 24.3 Å². The van der Waals surface area contributed by atoms with Crippen LogP contribution in [0.25, 0.3) is 0 Å². The number of rotatable bonds is 5. The van der Waals surface area contributed by atoms with Crippen LogP contribution in [0.2, 0.25) is 0 Å². The predicted octanol–water partition coefficient (Wildman–Crippen LogP) is 3.25. The predicted molar refractivity (Wildman–Crippen MR) is 92.5 cm³/mol. The lowest BCUT2D eigenvalue weighted by molar-refractivity contribution is -0.112. The number of nitrogens with zero attached hydrogens (tertiary/aromatic N) is 1. The number of aliphatic imine (C=N–C) groups is 1. The summed E-state index contributed by atoms with van der Waals surface area (Å²) in [6.07, 6.45) is 4.91. The minimum Gasteiger partial charge on any atom is -0.383 e. The average Bonchev–Trinajstić information content (AvgIpc) is 2.47. The van der Waals surface area contributed by atoms with Gasteiger partial charge in [0.1, 0.15) is 5.84 Å². The molecule has 1 rings (SSSR count). The van der Waals surface area contributed by atoms with Gasteiger partial charge in [-0.3, -0.25) is 4.79 Å². The van der Waals surface area contributed by atoms with Crippen LogP contribution in [0.4, 0.5) is 5.69 Å². The normalized spacial score (nSPS) is 13.0. The van der Waals surface area contributed by atoms with Gasteiger partial charge in [-0.2, -0.15) is 0 Å². The number of nitrogens with one attached hydrogen (secondary N) is 1. The van der Waals surface area contributed by atoms with Crippen molar-refractivity contribution in [3.8, 4) is 0 Å². The molecular weight excluding hydrogens is 282 g/mol. The summed E-state index contributed by atoms with van der Waals surface area (Å²) in [6, 6.07) is 7.12. The number of thiol groups is 1. The van der Waals surface area contributed by atoms with Crippen LogP contribution in [0.1, 0.15) is 19.4 Å². The second-order valence-corrected chi connectivity index (χ2v) is 4.73. The van der Waals surface area contributed by atoms with Gasteiger partial charge in [-0.05, 0) is 44.2 Å². The Balaban J connectivity index is 2.84. The van der Waals surface area contributed by atoms with Crippen LogP contribution in [0, 0.1) is 0 Å². The second kappa shape index (κ2) is 8.11. The Morgan fingerprint density at radius 1 is 1.38 bits per heavy atom. The van der Waals surface area contributed by atoms with Crippen LogP contribution in [-0.2, 0) is 4.79 Å². The van der Waals surface area contributed by atoms with Gasteiger partial charge in [0.05, 0.1) is 4.91 Å². The molecule has 21 heavy (non-hydrogen) atoms. The van der Waals surface area contributed by atoms with Crippen molar-refractivity contribution in [2.75, 3.05) is 5.32 Å².